The van der Waals surface area contributed by atoms with Gasteiger partial charge >= 0.3 is 7.60 Å². The third-order valence-electron chi connectivity index (χ3n) is 3.86. The van der Waals surface area contributed by atoms with E-state index in [1.807, 2.05) is 0 Å². The van der Waals surface area contributed by atoms with Crippen molar-refractivity contribution in [2.45, 2.75) is 5.75 Å². The van der Waals surface area contributed by atoms with E-state index in [9.17, 15) is 13.0 Å². The molecule has 0 fully saturated rings. The van der Waals surface area contributed by atoms with Crippen molar-refractivity contribution in [1.29, 1.82) is 0 Å². The van der Waals surface area contributed by atoms with Crippen LogP contribution in [0.4, 0.5) is 0 Å². The van der Waals surface area contributed by atoms with Crippen LogP contribution >= 0.6 is 7.60 Å². The third kappa shape index (κ3) is 5.59. The van der Waals surface area contributed by atoms with Gasteiger partial charge in [0.05, 0.1) is 38.0 Å². The molecule has 2 rings (SSSR count). The minimum Gasteiger partial charge on any atom is -0.496 e. The summed E-state index contributed by atoms with van der Waals surface area (Å²) >= 11 is 0. The first-order valence-electron chi connectivity index (χ1n) is 7.95. The van der Waals surface area contributed by atoms with Gasteiger partial charge in [0.2, 0.25) is 0 Å². The zero-order valence-electron chi connectivity index (χ0n) is 15.5. The molecule has 0 bridgehead atoms. The van der Waals surface area contributed by atoms with Crippen molar-refractivity contribution in [2.24, 2.45) is 0 Å². The van der Waals surface area contributed by atoms with E-state index in [-0.39, 0.29) is 11.1 Å². The highest BCUT2D eigenvalue weighted by atomic mass is 32.2. The molecule has 0 spiro atoms. The van der Waals surface area contributed by atoms with Gasteiger partial charge in [0, 0.05) is 17.5 Å². The van der Waals surface area contributed by atoms with Crippen molar-refractivity contribution in [3.8, 4) is 17.2 Å². The number of hydrogen-bond donors (Lipinski definition) is 2. The Morgan fingerprint density at radius 3 is 1.93 bits per heavy atom. The van der Waals surface area contributed by atoms with Crippen LogP contribution in [0.25, 0.3) is 6.08 Å². The summed E-state index contributed by atoms with van der Waals surface area (Å²) in [6.07, 6.45) is 1.35. The minimum absolute atomic E-state index is 0.139. The number of sulfone groups is 1. The van der Waals surface area contributed by atoms with Crippen LogP contribution in [0.3, 0.4) is 0 Å². The normalized spacial score (nSPS) is 12.2. The van der Waals surface area contributed by atoms with E-state index >= 15 is 0 Å². The molecule has 8 nitrogen and oxygen atoms in total. The molecule has 0 atom stereocenters. The van der Waals surface area contributed by atoms with Crippen molar-refractivity contribution in [1.82, 2.24) is 0 Å². The first-order valence-corrected chi connectivity index (χ1v) is 11.3. The Hall–Kier alpha value is -2.32. The van der Waals surface area contributed by atoms with Crippen molar-refractivity contribution < 1.29 is 37.0 Å². The molecular formula is C18H21O8PS. The summed E-state index contributed by atoms with van der Waals surface area (Å²) in [7, 11) is -3.72. The number of ether oxygens (including phenoxy) is 3. The fourth-order valence-corrected chi connectivity index (χ4v) is 4.12. The van der Waals surface area contributed by atoms with E-state index in [0.717, 1.165) is 5.41 Å². The van der Waals surface area contributed by atoms with E-state index in [1.54, 1.807) is 12.1 Å². The van der Waals surface area contributed by atoms with Crippen LogP contribution in [-0.4, -0.2) is 39.5 Å². The molecule has 0 aliphatic heterocycles. The highest BCUT2D eigenvalue weighted by Gasteiger charge is 2.19. The third-order valence-corrected chi connectivity index (χ3v) is 6.07. The molecule has 28 heavy (non-hydrogen) atoms. The molecule has 0 radical (unpaired) electrons. The molecule has 0 unspecified atom stereocenters. The highest BCUT2D eigenvalue weighted by Crippen LogP contribution is 2.36. The van der Waals surface area contributed by atoms with Gasteiger partial charge in [-0.15, -0.1) is 0 Å². The number of benzene rings is 2. The fraction of sp³-hybridized carbons (Fsp3) is 0.222. The average Bonchev–Trinajstić information content (AvgIpc) is 2.66. The molecule has 152 valence electrons. The molecule has 0 saturated carbocycles. The molecule has 2 aromatic rings. The number of methoxy groups -OCH3 is 3. The van der Waals surface area contributed by atoms with Crippen molar-refractivity contribution in [2.75, 3.05) is 21.3 Å². The van der Waals surface area contributed by atoms with Crippen LogP contribution in [-0.2, 0) is 20.2 Å². The Labute approximate surface area is 163 Å². The topological polar surface area (TPSA) is 119 Å². The van der Waals surface area contributed by atoms with Gasteiger partial charge in [0.25, 0.3) is 0 Å². The Balaban J connectivity index is 2.29. The standard InChI is InChI=1S/C18H21O8PS/c1-24-14-10-17(25-2)16(18(11-14)26-3)12-28(22,23)9-8-13-4-6-15(7-5-13)27(19,20)21/h4-11H,12H2,1-3H3,(H2,19,20,21)/b9-8-. The quantitative estimate of drug-likeness (QED) is 0.614. The van der Waals surface area contributed by atoms with Crippen molar-refractivity contribution in [3.63, 3.8) is 0 Å². The van der Waals surface area contributed by atoms with Gasteiger partial charge in [-0.25, -0.2) is 8.42 Å². The van der Waals surface area contributed by atoms with Crippen LogP contribution < -0.4 is 19.5 Å². The lowest BCUT2D eigenvalue weighted by Crippen LogP contribution is -2.05. The molecule has 0 aliphatic carbocycles. The fourth-order valence-electron chi connectivity index (χ4n) is 2.43. The molecule has 0 aliphatic rings. The second-order valence-electron chi connectivity index (χ2n) is 5.76. The second kappa shape index (κ2) is 8.79. The lowest BCUT2D eigenvalue weighted by molar-refractivity contribution is 0.370. The molecule has 0 amide bonds. The number of rotatable bonds is 8. The summed E-state index contributed by atoms with van der Waals surface area (Å²) in [4.78, 5) is 18.2. The predicted octanol–water partition coefficient (Wildman–Crippen LogP) is 2.10. The van der Waals surface area contributed by atoms with Crippen LogP contribution in [0, 0.1) is 0 Å². The maximum atomic E-state index is 12.5. The van der Waals surface area contributed by atoms with E-state index in [0.29, 0.717) is 28.4 Å². The van der Waals surface area contributed by atoms with E-state index in [1.165, 1.54) is 51.7 Å². The zero-order chi connectivity index (χ0) is 20.9. The van der Waals surface area contributed by atoms with Gasteiger partial charge in [0.1, 0.15) is 17.2 Å². The number of hydrogen-bond acceptors (Lipinski definition) is 6. The molecule has 0 heterocycles. The SMILES string of the molecule is COc1cc(OC)c(CS(=O)(=O)/C=C\c2ccc(P(=O)(O)O)cc2)c(OC)c1. The maximum absolute atomic E-state index is 12.5. The molecule has 10 heteroatoms. The van der Waals surface area contributed by atoms with Crippen LogP contribution in [0.2, 0.25) is 0 Å². The van der Waals surface area contributed by atoms with Crippen molar-refractivity contribution >= 4 is 28.8 Å². The van der Waals surface area contributed by atoms with Crippen LogP contribution in [0.15, 0.2) is 41.8 Å². The highest BCUT2D eigenvalue weighted by molar-refractivity contribution is 7.93. The maximum Gasteiger partial charge on any atom is 0.356 e. The second-order valence-corrected chi connectivity index (χ2v) is 9.25. The Morgan fingerprint density at radius 1 is 0.964 bits per heavy atom. The molecular weight excluding hydrogens is 407 g/mol. The predicted molar refractivity (Wildman–Crippen MR) is 106 cm³/mol. The molecule has 0 aromatic heterocycles. The van der Waals surface area contributed by atoms with Gasteiger partial charge in [-0.2, -0.15) is 0 Å². The summed E-state index contributed by atoms with van der Waals surface area (Å²) in [5.74, 6) is 0.745. The van der Waals surface area contributed by atoms with Crippen LogP contribution in [0.5, 0.6) is 17.2 Å². The summed E-state index contributed by atoms with van der Waals surface area (Å²) in [5.41, 5.74) is 0.835. The molecule has 0 saturated heterocycles. The Bertz CT molecular complexity index is 981. The van der Waals surface area contributed by atoms with Gasteiger partial charge in [-0.1, -0.05) is 12.1 Å². The summed E-state index contributed by atoms with van der Waals surface area (Å²) < 4.78 is 51.9. The molecule has 2 N–H and O–H groups in total. The lowest BCUT2D eigenvalue weighted by atomic mass is 10.2. The van der Waals surface area contributed by atoms with Gasteiger partial charge in [0.15, 0.2) is 9.84 Å². The summed E-state index contributed by atoms with van der Waals surface area (Å²) in [6, 6.07) is 8.49. The van der Waals surface area contributed by atoms with E-state index in [4.69, 9.17) is 24.0 Å². The summed E-state index contributed by atoms with van der Waals surface area (Å²) in [5, 5.41) is 0.892. The largest absolute Gasteiger partial charge is 0.496 e. The molecule has 2 aromatic carbocycles. The van der Waals surface area contributed by atoms with Gasteiger partial charge in [-0.05, 0) is 23.8 Å². The monoisotopic (exact) mass is 428 g/mol. The van der Waals surface area contributed by atoms with Gasteiger partial charge in [-0.3, -0.25) is 4.57 Å². The van der Waals surface area contributed by atoms with E-state index < -0.39 is 17.4 Å². The minimum atomic E-state index is -4.34. The zero-order valence-corrected chi connectivity index (χ0v) is 17.2. The average molecular weight is 428 g/mol. The van der Waals surface area contributed by atoms with E-state index in [2.05, 4.69) is 0 Å². The lowest BCUT2D eigenvalue weighted by Gasteiger charge is -2.14. The van der Waals surface area contributed by atoms with Crippen molar-refractivity contribution in [3.05, 3.63) is 52.9 Å². The smallest absolute Gasteiger partial charge is 0.356 e. The van der Waals surface area contributed by atoms with Crippen LogP contribution in [0.1, 0.15) is 11.1 Å². The Kier molecular flexibility index (Phi) is 6.90. The van der Waals surface area contributed by atoms with Gasteiger partial charge < -0.3 is 24.0 Å². The Morgan fingerprint density at radius 2 is 1.50 bits per heavy atom. The first-order chi connectivity index (χ1) is 13.1. The first kappa shape index (κ1) is 22.0. The summed E-state index contributed by atoms with van der Waals surface area (Å²) in [6.45, 7) is 0.